The van der Waals surface area contributed by atoms with Crippen LogP contribution in [0.15, 0.2) is 18.2 Å². The predicted molar refractivity (Wildman–Crippen MR) is 110 cm³/mol. The van der Waals surface area contributed by atoms with Gasteiger partial charge in [-0.25, -0.2) is 12.7 Å². The van der Waals surface area contributed by atoms with Crippen LogP contribution in [0, 0.1) is 11.8 Å². The van der Waals surface area contributed by atoms with E-state index in [9.17, 15) is 8.42 Å². The molecule has 1 unspecified atom stereocenters. The average molecular weight is 395 g/mol. The normalized spacial score (nSPS) is 21.8. The van der Waals surface area contributed by atoms with Crippen molar-refractivity contribution in [2.24, 2.45) is 11.8 Å². The Balaban J connectivity index is 1.30. The molecular formula is C21H34N2O3S. The third-order valence-electron chi connectivity index (χ3n) is 6.19. The van der Waals surface area contributed by atoms with Crippen molar-refractivity contribution >= 4 is 10.0 Å². The summed E-state index contributed by atoms with van der Waals surface area (Å²) < 4.78 is 30.1. The van der Waals surface area contributed by atoms with Crippen molar-refractivity contribution in [3.05, 3.63) is 29.3 Å². The van der Waals surface area contributed by atoms with Gasteiger partial charge in [-0.05, 0) is 93.1 Å². The molecule has 1 aromatic carbocycles. The number of ether oxygens (including phenoxy) is 1. The summed E-state index contributed by atoms with van der Waals surface area (Å²) >= 11 is 0. The smallest absolute Gasteiger partial charge is 0.211 e. The van der Waals surface area contributed by atoms with Crippen LogP contribution in [0.5, 0.6) is 5.75 Å². The second-order valence-electron chi connectivity index (χ2n) is 8.20. The minimum atomic E-state index is -3.01. The highest BCUT2D eigenvalue weighted by molar-refractivity contribution is 7.88. The molecule has 1 N–H and O–H groups in total. The van der Waals surface area contributed by atoms with Crippen LogP contribution in [-0.2, 0) is 22.9 Å². The highest BCUT2D eigenvalue weighted by atomic mass is 32.2. The summed E-state index contributed by atoms with van der Waals surface area (Å²) in [4.78, 5) is 0. The lowest BCUT2D eigenvalue weighted by atomic mass is 9.81. The summed E-state index contributed by atoms with van der Waals surface area (Å²) in [5, 5.41) is 3.60. The minimum absolute atomic E-state index is 0.611. The van der Waals surface area contributed by atoms with Gasteiger partial charge in [0.05, 0.1) is 13.4 Å². The molecule has 1 atom stereocenters. The van der Waals surface area contributed by atoms with Gasteiger partial charge in [-0.15, -0.1) is 0 Å². The quantitative estimate of drug-likeness (QED) is 0.689. The average Bonchev–Trinajstić information content (AvgIpc) is 2.67. The zero-order chi connectivity index (χ0) is 19.3. The molecule has 0 amide bonds. The third-order valence-corrected chi connectivity index (χ3v) is 7.49. The van der Waals surface area contributed by atoms with Gasteiger partial charge >= 0.3 is 0 Å². The Labute approximate surface area is 164 Å². The molecule has 1 saturated heterocycles. The fraction of sp³-hybridized carbons (Fsp3) is 0.714. The Morgan fingerprint density at radius 3 is 2.63 bits per heavy atom. The van der Waals surface area contributed by atoms with Gasteiger partial charge in [0.25, 0.3) is 0 Å². The van der Waals surface area contributed by atoms with E-state index in [1.54, 1.807) is 11.4 Å². The molecule has 0 spiro atoms. The second kappa shape index (κ2) is 9.39. The minimum Gasteiger partial charge on any atom is -0.497 e. The monoisotopic (exact) mass is 394 g/mol. The maximum atomic E-state index is 11.6. The molecule has 0 saturated carbocycles. The van der Waals surface area contributed by atoms with Gasteiger partial charge in [0.2, 0.25) is 10.0 Å². The summed E-state index contributed by atoms with van der Waals surface area (Å²) in [6.07, 6.45) is 9.41. The van der Waals surface area contributed by atoms with Crippen molar-refractivity contribution in [3.63, 3.8) is 0 Å². The van der Waals surface area contributed by atoms with Gasteiger partial charge in [-0.2, -0.15) is 0 Å². The van der Waals surface area contributed by atoms with Crippen molar-refractivity contribution in [1.29, 1.82) is 0 Å². The lowest BCUT2D eigenvalue weighted by Crippen LogP contribution is -2.40. The van der Waals surface area contributed by atoms with Crippen molar-refractivity contribution in [3.8, 4) is 5.75 Å². The first-order valence-electron chi connectivity index (χ1n) is 10.3. The number of hydrogen-bond acceptors (Lipinski definition) is 4. The predicted octanol–water partition coefficient (Wildman–Crippen LogP) is 2.84. The number of piperidine rings is 1. The van der Waals surface area contributed by atoms with E-state index in [1.807, 2.05) is 0 Å². The number of nitrogens with one attached hydrogen (secondary N) is 1. The van der Waals surface area contributed by atoms with E-state index in [4.69, 9.17) is 4.74 Å². The summed E-state index contributed by atoms with van der Waals surface area (Å²) in [7, 11) is -1.28. The van der Waals surface area contributed by atoms with Crippen molar-refractivity contribution in [2.75, 3.05) is 39.5 Å². The highest BCUT2D eigenvalue weighted by Gasteiger charge is 2.24. The van der Waals surface area contributed by atoms with Crippen LogP contribution in [0.4, 0.5) is 0 Å². The standard InChI is InChI=1S/C21H34N2O3S/c1-26-21-8-7-19-14-17(5-6-20(19)15-21)4-3-11-22-16-18-9-12-23(13-10-18)27(2,24)25/h7-8,15,17-18,22H,3-6,9-14,16H2,1-2H3. The Morgan fingerprint density at radius 2 is 1.93 bits per heavy atom. The number of aryl methyl sites for hydroxylation is 1. The van der Waals surface area contributed by atoms with Gasteiger partial charge in [0.1, 0.15) is 5.75 Å². The van der Waals surface area contributed by atoms with E-state index in [1.165, 1.54) is 49.5 Å². The first kappa shape index (κ1) is 20.6. The zero-order valence-corrected chi connectivity index (χ0v) is 17.6. The summed E-state index contributed by atoms with van der Waals surface area (Å²) in [5.74, 6) is 2.38. The van der Waals surface area contributed by atoms with E-state index in [0.29, 0.717) is 19.0 Å². The zero-order valence-electron chi connectivity index (χ0n) is 16.7. The molecular weight excluding hydrogens is 360 g/mol. The van der Waals surface area contributed by atoms with Gasteiger partial charge in [0, 0.05) is 13.1 Å². The van der Waals surface area contributed by atoms with Crippen LogP contribution in [-0.4, -0.2) is 52.3 Å². The van der Waals surface area contributed by atoms with Crippen molar-refractivity contribution in [1.82, 2.24) is 9.62 Å². The number of hydrogen-bond donors (Lipinski definition) is 1. The van der Waals surface area contributed by atoms with E-state index >= 15 is 0 Å². The maximum Gasteiger partial charge on any atom is 0.211 e. The summed E-state index contributed by atoms with van der Waals surface area (Å²) in [5.41, 5.74) is 2.96. The van der Waals surface area contributed by atoms with Crippen LogP contribution in [0.1, 0.15) is 43.2 Å². The molecule has 152 valence electrons. The molecule has 1 fully saturated rings. The van der Waals surface area contributed by atoms with Crippen LogP contribution >= 0.6 is 0 Å². The van der Waals surface area contributed by atoms with Crippen molar-refractivity contribution in [2.45, 2.75) is 44.9 Å². The molecule has 1 heterocycles. The molecule has 1 aliphatic carbocycles. The number of rotatable bonds is 8. The Hall–Kier alpha value is -1.11. The number of sulfonamides is 1. The lowest BCUT2D eigenvalue weighted by Gasteiger charge is -2.30. The van der Waals surface area contributed by atoms with Crippen LogP contribution in [0.3, 0.4) is 0 Å². The SMILES string of the molecule is COc1ccc2c(c1)CCC(CCCNCC1CCN(S(C)(=O)=O)CC1)C2. The molecule has 6 heteroatoms. The first-order chi connectivity index (χ1) is 13.0. The highest BCUT2D eigenvalue weighted by Crippen LogP contribution is 2.30. The Morgan fingerprint density at radius 1 is 1.15 bits per heavy atom. The molecule has 27 heavy (non-hydrogen) atoms. The third kappa shape index (κ3) is 5.93. The second-order valence-corrected chi connectivity index (χ2v) is 10.2. The fourth-order valence-electron chi connectivity index (χ4n) is 4.45. The van der Waals surface area contributed by atoms with Crippen LogP contribution in [0.2, 0.25) is 0 Å². The molecule has 5 nitrogen and oxygen atoms in total. The number of benzene rings is 1. The topological polar surface area (TPSA) is 58.6 Å². The molecule has 0 aromatic heterocycles. The molecule has 1 aliphatic heterocycles. The van der Waals surface area contributed by atoms with Gasteiger partial charge in [0.15, 0.2) is 0 Å². The first-order valence-corrected chi connectivity index (χ1v) is 12.1. The van der Waals surface area contributed by atoms with Crippen molar-refractivity contribution < 1.29 is 13.2 Å². The van der Waals surface area contributed by atoms with E-state index in [-0.39, 0.29) is 0 Å². The van der Waals surface area contributed by atoms with E-state index < -0.39 is 10.0 Å². The van der Waals surface area contributed by atoms with Crippen LogP contribution in [0.25, 0.3) is 0 Å². The number of nitrogens with zero attached hydrogens (tertiary/aromatic N) is 1. The largest absolute Gasteiger partial charge is 0.497 e. The Bertz CT molecular complexity index is 712. The van der Waals surface area contributed by atoms with E-state index in [0.717, 1.165) is 37.6 Å². The summed E-state index contributed by atoms with van der Waals surface area (Å²) in [6, 6.07) is 6.52. The molecule has 1 aromatic rings. The van der Waals surface area contributed by atoms with Gasteiger partial charge < -0.3 is 10.1 Å². The number of methoxy groups -OCH3 is 1. The summed E-state index contributed by atoms with van der Waals surface area (Å²) in [6.45, 7) is 3.44. The fourth-order valence-corrected chi connectivity index (χ4v) is 5.32. The molecule has 3 rings (SSSR count). The van der Waals surface area contributed by atoms with Gasteiger partial charge in [-0.3, -0.25) is 0 Å². The number of fused-ring (bicyclic) bond motifs is 1. The Kier molecular flexibility index (Phi) is 7.17. The maximum absolute atomic E-state index is 11.6. The van der Waals surface area contributed by atoms with Gasteiger partial charge in [-0.1, -0.05) is 6.07 Å². The van der Waals surface area contributed by atoms with Crippen LogP contribution < -0.4 is 10.1 Å². The van der Waals surface area contributed by atoms with E-state index in [2.05, 4.69) is 23.5 Å². The molecule has 0 bridgehead atoms. The molecule has 0 radical (unpaired) electrons. The lowest BCUT2D eigenvalue weighted by molar-refractivity contribution is 0.267. The molecule has 2 aliphatic rings.